The van der Waals surface area contributed by atoms with Crippen LogP contribution in [0.3, 0.4) is 0 Å². The van der Waals surface area contributed by atoms with Gasteiger partial charge < -0.3 is 16.4 Å². The van der Waals surface area contributed by atoms with Crippen molar-refractivity contribution in [2.75, 3.05) is 5.32 Å². The SMILES string of the molecule is CCC(C)(C)NC(=O)c1ccc(NC(=O)C2(N)CCCCC2)cc1.Cl. The van der Waals surface area contributed by atoms with Crippen LogP contribution in [0.5, 0.6) is 0 Å². The van der Waals surface area contributed by atoms with Gasteiger partial charge in [-0.3, -0.25) is 9.59 Å². The molecule has 1 saturated carbocycles. The number of nitrogens with one attached hydrogen (secondary N) is 2. The smallest absolute Gasteiger partial charge is 0.251 e. The number of halogens is 1. The number of benzene rings is 1. The lowest BCUT2D eigenvalue weighted by molar-refractivity contribution is -0.122. The molecule has 6 heteroatoms. The Bertz CT molecular complexity index is 593. The van der Waals surface area contributed by atoms with E-state index in [0.717, 1.165) is 38.5 Å². The van der Waals surface area contributed by atoms with Gasteiger partial charge in [0.1, 0.15) is 0 Å². The van der Waals surface area contributed by atoms with Crippen molar-refractivity contribution >= 4 is 29.9 Å². The summed E-state index contributed by atoms with van der Waals surface area (Å²) in [5, 5.41) is 5.88. The molecule has 0 atom stereocenters. The maximum atomic E-state index is 12.4. The van der Waals surface area contributed by atoms with Crippen molar-refractivity contribution in [3.05, 3.63) is 29.8 Å². The summed E-state index contributed by atoms with van der Waals surface area (Å²) in [5.74, 6) is -0.242. The molecule has 5 nitrogen and oxygen atoms in total. The van der Waals surface area contributed by atoms with Gasteiger partial charge in [0, 0.05) is 16.8 Å². The lowest BCUT2D eigenvalue weighted by Crippen LogP contribution is -2.52. The molecule has 0 unspecified atom stereocenters. The molecule has 2 amide bonds. The van der Waals surface area contributed by atoms with E-state index in [1.807, 2.05) is 20.8 Å². The summed E-state index contributed by atoms with van der Waals surface area (Å²) in [4.78, 5) is 24.7. The van der Waals surface area contributed by atoms with E-state index in [9.17, 15) is 9.59 Å². The summed E-state index contributed by atoms with van der Waals surface area (Å²) >= 11 is 0. The summed E-state index contributed by atoms with van der Waals surface area (Å²) in [5.41, 5.74) is 6.48. The van der Waals surface area contributed by atoms with Gasteiger partial charge >= 0.3 is 0 Å². The molecule has 0 heterocycles. The van der Waals surface area contributed by atoms with Gasteiger partial charge in [-0.25, -0.2) is 0 Å². The molecular formula is C19H30ClN3O2. The normalized spacial score (nSPS) is 16.5. The fourth-order valence-corrected chi connectivity index (χ4v) is 2.84. The molecule has 4 N–H and O–H groups in total. The predicted molar refractivity (Wildman–Crippen MR) is 104 cm³/mol. The average Bonchev–Trinajstić information content (AvgIpc) is 2.55. The Kier molecular flexibility index (Phi) is 7.44. The van der Waals surface area contributed by atoms with E-state index in [4.69, 9.17) is 5.73 Å². The van der Waals surface area contributed by atoms with Gasteiger partial charge in [0.05, 0.1) is 5.54 Å². The van der Waals surface area contributed by atoms with E-state index in [2.05, 4.69) is 10.6 Å². The number of nitrogens with two attached hydrogens (primary N) is 1. The van der Waals surface area contributed by atoms with Crippen molar-refractivity contribution in [1.82, 2.24) is 5.32 Å². The summed E-state index contributed by atoms with van der Waals surface area (Å²) in [6, 6.07) is 6.94. The maximum Gasteiger partial charge on any atom is 0.251 e. The van der Waals surface area contributed by atoms with Crippen LogP contribution in [-0.2, 0) is 4.79 Å². The van der Waals surface area contributed by atoms with Crippen LogP contribution in [-0.4, -0.2) is 22.9 Å². The molecule has 2 rings (SSSR count). The minimum Gasteiger partial charge on any atom is -0.347 e. The molecule has 1 aromatic rings. The Morgan fingerprint density at radius 1 is 1.12 bits per heavy atom. The number of rotatable bonds is 5. The van der Waals surface area contributed by atoms with Gasteiger partial charge in [0.25, 0.3) is 5.91 Å². The highest BCUT2D eigenvalue weighted by molar-refractivity contribution is 5.99. The van der Waals surface area contributed by atoms with E-state index in [1.165, 1.54) is 0 Å². The molecule has 0 bridgehead atoms. The molecule has 1 aromatic carbocycles. The van der Waals surface area contributed by atoms with Crippen LogP contribution in [0.15, 0.2) is 24.3 Å². The Hall–Kier alpha value is -1.59. The summed E-state index contributed by atoms with van der Waals surface area (Å²) in [7, 11) is 0. The van der Waals surface area contributed by atoms with Crippen LogP contribution in [0.1, 0.15) is 69.7 Å². The summed E-state index contributed by atoms with van der Waals surface area (Å²) < 4.78 is 0. The third kappa shape index (κ3) is 5.72. The second-order valence-corrected chi connectivity index (χ2v) is 7.44. The van der Waals surface area contributed by atoms with Crippen molar-refractivity contribution in [3.63, 3.8) is 0 Å². The zero-order valence-electron chi connectivity index (χ0n) is 15.4. The fourth-order valence-electron chi connectivity index (χ4n) is 2.84. The number of hydrogen-bond donors (Lipinski definition) is 3. The van der Waals surface area contributed by atoms with Crippen molar-refractivity contribution in [2.45, 2.75) is 70.4 Å². The lowest BCUT2D eigenvalue weighted by Gasteiger charge is -2.31. The van der Waals surface area contributed by atoms with Gasteiger partial charge in [0.15, 0.2) is 0 Å². The molecule has 0 saturated heterocycles. The van der Waals surface area contributed by atoms with Crippen LogP contribution < -0.4 is 16.4 Å². The zero-order chi connectivity index (χ0) is 17.8. The first-order chi connectivity index (χ1) is 11.3. The largest absolute Gasteiger partial charge is 0.347 e. The van der Waals surface area contributed by atoms with Crippen LogP contribution in [0, 0.1) is 0 Å². The van der Waals surface area contributed by atoms with Crippen molar-refractivity contribution < 1.29 is 9.59 Å². The lowest BCUT2D eigenvalue weighted by atomic mass is 9.82. The number of carbonyl (C=O) groups is 2. The molecule has 1 fully saturated rings. The maximum absolute atomic E-state index is 12.4. The van der Waals surface area contributed by atoms with E-state index < -0.39 is 5.54 Å². The van der Waals surface area contributed by atoms with E-state index in [0.29, 0.717) is 11.3 Å². The molecule has 0 radical (unpaired) electrons. The molecule has 0 spiro atoms. The topological polar surface area (TPSA) is 84.2 Å². The first kappa shape index (κ1) is 21.5. The third-order valence-corrected chi connectivity index (χ3v) is 4.94. The number of amides is 2. The van der Waals surface area contributed by atoms with Crippen LogP contribution in [0.25, 0.3) is 0 Å². The van der Waals surface area contributed by atoms with E-state index in [1.54, 1.807) is 24.3 Å². The number of hydrogen-bond acceptors (Lipinski definition) is 3. The van der Waals surface area contributed by atoms with Crippen molar-refractivity contribution in [2.24, 2.45) is 5.73 Å². The molecule has 0 aromatic heterocycles. The molecule has 1 aliphatic rings. The Morgan fingerprint density at radius 2 is 1.68 bits per heavy atom. The van der Waals surface area contributed by atoms with E-state index >= 15 is 0 Å². The van der Waals surface area contributed by atoms with Crippen LogP contribution in [0.4, 0.5) is 5.69 Å². The molecular weight excluding hydrogens is 338 g/mol. The minimum absolute atomic E-state index is 0. The molecule has 1 aliphatic carbocycles. The van der Waals surface area contributed by atoms with Gasteiger partial charge in [-0.05, 0) is 57.4 Å². The standard InChI is InChI=1S/C19H29N3O2.ClH/c1-4-18(2,3)22-16(23)14-8-10-15(11-9-14)21-17(24)19(20)12-6-5-7-13-19;/h8-11H,4-7,12-13,20H2,1-3H3,(H,21,24)(H,22,23);1H. The Balaban J connectivity index is 0.00000312. The highest BCUT2D eigenvalue weighted by atomic mass is 35.5. The van der Waals surface area contributed by atoms with Crippen LogP contribution >= 0.6 is 12.4 Å². The van der Waals surface area contributed by atoms with Gasteiger partial charge in [-0.2, -0.15) is 0 Å². The highest BCUT2D eigenvalue weighted by Crippen LogP contribution is 2.27. The van der Waals surface area contributed by atoms with Gasteiger partial charge in [0.2, 0.25) is 5.91 Å². The fraction of sp³-hybridized carbons (Fsp3) is 0.579. The molecule has 25 heavy (non-hydrogen) atoms. The minimum atomic E-state index is -0.764. The van der Waals surface area contributed by atoms with Gasteiger partial charge in [-0.15, -0.1) is 12.4 Å². The van der Waals surface area contributed by atoms with Crippen molar-refractivity contribution in [3.8, 4) is 0 Å². The third-order valence-electron chi connectivity index (χ3n) is 4.94. The average molecular weight is 368 g/mol. The van der Waals surface area contributed by atoms with Gasteiger partial charge in [-0.1, -0.05) is 26.2 Å². The number of carbonyl (C=O) groups excluding carboxylic acids is 2. The highest BCUT2D eigenvalue weighted by Gasteiger charge is 2.35. The van der Waals surface area contributed by atoms with Crippen molar-refractivity contribution in [1.29, 1.82) is 0 Å². The second-order valence-electron chi connectivity index (χ2n) is 7.44. The van der Waals surface area contributed by atoms with Crippen LogP contribution in [0.2, 0.25) is 0 Å². The molecule has 0 aliphatic heterocycles. The van der Waals surface area contributed by atoms with E-state index in [-0.39, 0.29) is 29.8 Å². The Labute approximate surface area is 156 Å². The Morgan fingerprint density at radius 3 is 2.20 bits per heavy atom. The zero-order valence-corrected chi connectivity index (χ0v) is 16.2. The first-order valence-corrected chi connectivity index (χ1v) is 8.79. The first-order valence-electron chi connectivity index (χ1n) is 8.79. The summed E-state index contributed by atoms with van der Waals surface area (Å²) in [6.45, 7) is 6.02. The predicted octanol–water partition coefficient (Wildman–Crippen LogP) is 3.63. The monoisotopic (exact) mass is 367 g/mol. The number of anilines is 1. The summed E-state index contributed by atoms with van der Waals surface area (Å²) in [6.07, 6.45) is 5.44. The molecule has 140 valence electrons. The quantitative estimate of drug-likeness (QED) is 0.742. The second kappa shape index (κ2) is 8.68.